The minimum absolute atomic E-state index is 0. The van der Waals surface area contributed by atoms with E-state index in [0.717, 1.165) is 12.2 Å². The number of carbonyl (C=O) groups is 1. The molecule has 1 aliphatic carbocycles. The molecular weight excluding hydrogens is 457 g/mol. The van der Waals surface area contributed by atoms with Crippen molar-refractivity contribution in [3.05, 3.63) is 43.7 Å². The first kappa shape index (κ1) is 27.0. The molecule has 161 valence electrons. The van der Waals surface area contributed by atoms with Crippen molar-refractivity contribution in [2.24, 2.45) is 5.92 Å². The van der Waals surface area contributed by atoms with Crippen LogP contribution in [0.1, 0.15) is 46.6 Å². The summed E-state index contributed by atoms with van der Waals surface area (Å²) in [5.41, 5.74) is 1.25. The third-order valence-corrected chi connectivity index (χ3v) is 10.1. The Balaban J connectivity index is 0.000000289. The smallest absolute Gasteiger partial charge is 0.250 e. The molecule has 2 fully saturated rings. The number of Topliss-reactive ketones (excluding diaryl/α,β-unsaturated/α-hetero) is 1. The van der Waals surface area contributed by atoms with Crippen molar-refractivity contribution in [1.29, 1.82) is 0 Å². The van der Waals surface area contributed by atoms with E-state index in [1.165, 1.54) is 5.56 Å². The van der Waals surface area contributed by atoms with Crippen LogP contribution in [0.25, 0.3) is 0 Å². The molecule has 4 nitrogen and oxygen atoms in total. The Hall–Kier alpha value is -0.0692. The van der Waals surface area contributed by atoms with Crippen LogP contribution >= 0.6 is 0 Å². The molecule has 29 heavy (non-hydrogen) atoms. The summed E-state index contributed by atoms with van der Waals surface area (Å²) in [6, 6.07) is 8.30. The number of carbonyl (C=O) groups excluding carboxylic acids is 1. The van der Waals surface area contributed by atoms with Crippen molar-refractivity contribution in [3.8, 4) is 5.75 Å². The largest absolute Gasteiger partial charge is 0.544 e. The molecule has 0 N–H and O–H groups in total. The van der Waals surface area contributed by atoms with Gasteiger partial charge in [-0.25, -0.2) is 0 Å². The third kappa shape index (κ3) is 6.96. The number of rotatable bonds is 3. The molecule has 1 radical (unpaired) electrons. The molecule has 1 aromatic rings. The van der Waals surface area contributed by atoms with E-state index in [0.29, 0.717) is 6.42 Å². The fourth-order valence-corrected chi connectivity index (χ4v) is 4.08. The van der Waals surface area contributed by atoms with Crippen molar-refractivity contribution in [2.75, 3.05) is 0 Å². The first-order valence-corrected chi connectivity index (χ1v) is 13.0. The molecule has 2 aliphatic rings. The number of fused-ring (bicyclic) bond motifs is 1. The fraction of sp³-hybridized carbons (Fsp3) is 0.609. The molecule has 0 bridgehead atoms. The molecule has 1 heterocycles. The zero-order chi connectivity index (χ0) is 21.3. The van der Waals surface area contributed by atoms with Gasteiger partial charge in [-0.1, -0.05) is 38.5 Å². The molecule has 0 unspecified atom stereocenters. The van der Waals surface area contributed by atoms with Crippen molar-refractivity contribution in [3.63, 3.8) is 0 Å². The van der Waals surface area contributed by atoms with Crippen LogP contribution in [0, 0.1) is 19.8 Å². The number of hydrogen-bond acceptors (Lipinski definition) is 4. The number of hydrogen-bond donors (Lipinski definition) is 0. The van der Waals surface area contributed by atoms with E-state index in [9.17, 15) is 4.79 Å². The molecular formula is C23H36O4SiY-2. The van der Waals surface area contributed by atoms with Crippen LogP contribution < -0.4 is 4.43 Å². The minimum atomic E-state index is -1.69. The Labute approximate surface area is 203 Å². The standard InChI is InChI=1S/C14H23OSi.C9H13O3.Y/c1-7-12-8-10-13(11-9-12)15-16(5,6)14(2,3)4;1-5-4-6-8(7(5)10)12-9(2,3)11-6;/h8-11H,1,7H2,2-6H3;5-6,8H,1,4H2,2-3H3;/q2*-1;/t;5-,6-,8-;/m.1./s1. The first-order valence-electron chi connectivity index (χ1n) is 10.1. The van der Waals surface area contributed by atoms with Gasteiger partial charge in [-0.15, -0.1) is 5.92 Å². The average molecular weight is 494 g/mol. The van der Waals surface area contributed by atoms with E-state index in [-0.39, 0.29) is 61.7 Å². The molecule has 0 amide bonds. The Morgan fingerprint density at radius 1 is 1.17 bits per heavy atom. The summed E-state index contributed by atoms with van der Waals surface area (Å²) in [5.74, 6) is 0.343. The molecule has 3 rings (SSSR count). The van der Waals surface area contributed by atoms with Gasteiger partial charge in [-0.2, -0.15) is 6.42 Å². The first-order chi connectivity index (χ1) is 12.8. The molecule has 3 atom stereocenters. The van der Waals surface area contributed by atoms with Crippen molar-refractivity contribution < 1.29 is 51.4 Å². The molecule has 1 saturated carbocycles. The number of ether oxygens (including phenoxy) is 2. The van der Waals surface area contributed by atoms with Gasteiger partial charge >= 0.3 is 0 Å². The van der Waals surface area contributed by atoms with Crippen LogP contribution in [0.3, 0.4) is 0 Å². The summed E-state index contributed by atoms with van der Waals surface area (Å²) in [7, 11) is -1.69. The summed E-state index contributed by atoms with van der Waals surface area (Å²) in [4.78, 5) is 11.4. The number of ketones is 1. The monoisotopic (exact) mass is 493 g/mol. The predicted molar refractivity (Wildman–Crippen MR) is 116 cm³/mol. The predicted octanol–water partition coefficient (Wildman–Crippen LogP) is 5.37. The van der Waals surface area contributed by atoms with E-state index >= 15 is 0 Å². The van der Waals surface area contributed by atoms with Crippen molar-refractivity contribution in [1.82, 2.24) is 0 Å². The second-order valence-electron chi connectivity index (χ2n) is 9.69. The quantitative estimate of drug-likeness (QED) is 0.419. The van der Waals surface area contributed by atoms with Crippen LogP contribution in [0.4, 0.5) is 0 Å². The van der Waals surface area contributed by atoms with Gasteiger partial charge in [0.25, 0.3) is 0 Å². The van der Waals surface area contributed by atoms with Gasteiger partial charge < -0.3 is 27.7 Å². The van der Waals surface area contributed by atoms with E-state index in [1.54, 1.807) is 0 Å². The molecule has 6 heteroatoms. The van der Waals surface area contributed by atoms with Crippen LogP contribution in [0.15, 0.2) is 24.3 Å². The maximum atomic E-state index is 11.4. The molecule has 0 aromatic heterocycles. The van der Waals surface area contributed by atoms with E-state index in [2.05, 4.69) is 72.0 Å². The zero-order valence-corrected chi connectivity index (χ0v) is 22.9. The summed E-state index contributed by atoms with van der Waals surface area (Å²) in [6.45, 7) is 22.6. The van der Waals surface area contributed by atoms with E-state index in [4.69, 9.17) is 13.9 Å². The third-order valence-electron chi connectivity index (χ3n) is 5.77. The van der Waals surface area contributed by atoms with E-state index in [1.807, 2.05) is 13.8 Å². The van der Waals surface area contributed by atoms with Gasteiger partial charge in [0.1, 0.15) is 17.6 Å². The zero-order valence-electron chi connectivity index (χ0n) is 19.1. The van der Waals surface area contributed by atoms with Crippen LogP contribution in [-0.4, -0.2) is 32.1 Å². The number of benzene rings is 1. The molecule has 0 spiro atoms. The van der Waals surface area contributed by atoms with Crippen LogP contribution in [0.2, 0.25) is 18.1 Å². The minimum Gasteiger partial charge on any atom is -0.544 e. The second-order valence-corrected chi connectivity index (χ2v) is 14.4. The maximum Gasteiger partial charge on any atom is 0.250 e. The Bertz CT molecular complexity index is 679. The normalized spacial score (nSPS) is 25.6. The Morgan fingerprint density at radius 2 is 1.72 bits per heavy atom. The van der Waals surface area contributed by atoms with Crippen LogP contribution in [-0.2, 0) is 53.4 Å². The van der Waals surface area contributed by atoms with Gasteiger partial charge in [-0.05, 0) is 50.5 Å². The van der Waals surface area contributed by atoms with Gasteiger partial charge in [-0.3, -0.25) is 4.79 Å². The Kier molecular flexibility index (Phi) is 9.33. The van der Waals surface area contributed by atoms with Gasteiger partial charge in [0.15, 0.2) is 5.79 Å². The summed E-state index contributed by atoms with van der Waals surface area (Å²) in [5, 5.41) is 0.248. The van der Waals surface area contributed by atoms with Crippen molar-refractivity contribution >= 4 is 14.1 Å². The maximum absolute atomic E-state index is 11.4. The molecule has 1 aliphatic heterocycles. The Morgan fingerprint density at radius 3 is 2.17 bits per heavy atom. The van der Waals surface area contributed by atoms with Gasteiger partial charge in [0, 0.05) is 32.7 Å². The summed E-state index contributed by atoms with van der Waals surface area (Å²) in [6.07, 6.45) is 1.12. The van der Waals surface area contributed by atoms with Crippen LogP contribution in [0.5, 0.6) is 5.75 Å². The average Bonchev–Trinajstić information content (AvgIpc) is 3.00. The van der Waals surface area contributed by atoms with E-state index < -0.39 is 14.1 Å². The fourth-order valence-electron chi connectivity index (χ4n) is 3.05. The summed E-state index contributed by atoms with van der Waals surface area (Å²) >= 11 is 0. The second kappa shape index (κ2) is 10.0. The van der Waals surface area contributed by atoms with Gasteiger partial charge in [0.05, 0.1) is 6.10 Å². The molecule has 1 aromatic carbocycles. The van der Waals surface area contributed by atoms with Crippen molar-refractivity contribution in [2.45, 2.75) is 83.6 Å². The summed E-state index contributed by atoms with van der Waals surface area (Å²) < 4.78 is 17.2. The van der Waals surface area contributed by atoms with Gasteiger partial charge in [0.2, 0.25) is 8.32 Å². The SMILES string of the molecule is [CH2-]Cc1ccc(O[Si](C)(C)C(C)(C)C)cc1.[CH2-][C@@H]1C[C@H]2OC(C)(C)O[C@H]2C1=O.[Y]. The molecule has 1 saturated heterocycles. The topological polar surface area (TPSA) is 44.8 Å².